The molecule has 0 spiro atoms. The quantitative estimate of drug-likeness (QED) is 0.137. The number of primary amides is 1. The number of amides is 4. The van der Waals surface area contributed by atoms with Crippen molar-refractivity contribution < 1.29 is 34.2 Å². The van der Waals surface area contributed by atoms with Crippen LogP contribution in [-0.2, 0) is 24.0 Å². The first kappa shape index (κ1) is 28.6. The number of aliphatic hydroxyl groups is 1. The topological polar surface area (TPSA) is 214 Å². The molecule has 9 N–H and O–H groups in total. The second kappa shape index (κ2) is 14.6. The first-order valence-corrected chi connectivity index (χ1v) is 11.1. The van der Waals surface area contributed by atoms with Gasteiger partial charge in [-0.2, -0.15) is 11.8 Å². The van der Waals surface area contributed by atoms with E-state index in [0.717, 1.165) is 0 Å². The minimum atomic E-state index is -1.52. The minimum Gasteiger partial charge on any atom is -0.480 e. The van der Waals surface area contributed by atoms with Gasteiger partial charge in [0.15, 0.2) is 0 Å². The second-order valence-electron chi connectivity index (χ2n) is 7.07. The highest BCUT2D eigenvalue weighted by Crippen LogP contribution is 2.10. The van der Waals surface area contributed by atoms with Crippen molar-refractivity contribution in [3.63, 3.8) is 0 Å². The summed E-state index contributed by atoms with van der Waals surface area (Å²) in [7, 11) is 0. The predicted molar refractivity (Wildman–Crippen MR) is 115 cm³/mol. The van der Waals surface area contributed by atoms with E-state index < -0.39 is 66.8 Å². The zero-order valence-electron chi connectivity index (χ0n) is 17.9. The van der Waals surface area contributed by atoms with Gasteiger partial charge in [0, 0.05) is 0 Å². The van der Waals surface area contributed by atoms with Gasteiger partial charge < -0.3 is 37.6 Å². The average Bonchev–Trinajstić information content (AvgIpc) is 2.71. The van der Waals surface area contributed by atoms with E-state index in [-0.39, 0.29) is 12.3 Å². The molecular formula is C18H33N5O7S. The van der Waals surface area contributed by atoms with Crippen LogP contribution in [0.15, 0.2) is 0 Å². The van der Waals surface area contributed by atoms with Crippen LogP contribution in [0.25, 0.3) is 0 Å². The van der Waals surface area contributed by atoms with Crippen LogP contribution in [0, 0.1) is 5.92 Å². The Kier molecular flexibility index (Phi) is 13.5. The second-order valence-corrected chi connectivity index (χ2v) is 8.06. The van der Waals surface area contributed by atoms with Crippen LogP contribution in [0.1, 0.15) is 33.1 Å². The lowest BCUT2D eigenvalue weighted by Crippen LogP contribution is -2.59. The molecule has 0 bridgehead atoms. The maximum absolute atomic E-state index is 12.8. The highest BCUT2D eigenvalue weighted by Gasteiger charge is 2.32. The van der Waals surface area contributed by atoms with Crippen molar-refractivity contribution in [2.75, 3.05) is 18.6 Å². The third kappa shape index (κ3) is 10.5. The standard InChI is InChI=1S/C18H33N5O7S/c1-4-9(2)14(17(28)22-12(8-24)18(29)30)23-16(27)11(5-6-31-3)21-15(26)10(19)7-13(20)25/h9-12,14,24H,4-8,19H2,1-3H3,(H2,20,25)(H,21,26)(H,22,28)(H,23,27)(H,29,30). The van der Waals surface area contributed by atoms with Crippen LogP contribution in [0.3, 0.4) is 0 Å². The molecule has 0 radical (unpaired) electrons. The van der Waals surface area contributed by atoms with E-state index in [1.54, 1.807) is 13.8 Å². The maximum Gasteiger partial charge on any atom is 0.328 e. The molecule has 0 aliphatic carbocycles. The number of nitrogens with one attached hydrogen (secondary N) is 3. The molecule has 0 fully saturated rings. The first-order chi connectivity index (χ1) is 14.5. The van der Waals surface area contributed by atoms with E-state index in [4.69, 9.17) is 21.7 Å². The number of carboxylic acid groups (broad SMARTS) is 1. The molecule has 0 saturated carbocycles. The Balaban J connectivity index is 5.43. The van der Waals surface area contributed by atoms with Gasteiger partial charge >= 0.3 is 5.97 Å². The van der Waals surface area contributed by atoms with E-state index in [2.05, 4.69) is 16.0 Å². The van der Waals surface area contributed by atoms with Gasteiger partial charge in [-0.25, -0.2) is 4.79 Å². The van der Waals surface area contributed by atoms with Crippen molar-refractivity contribution in [3.05, 3.63) is 0 Å². The summed E-state index contributed by atoms with van der Waals surface area (Å²) in [6.07, 6.45) is 2.14. The van der Waals surface area contributed by atoms with Crippen molar-refractivity contribution in [3.8, 4) is 0 Å². The zero-order valence-corrected chi connectivity index (χ0v) is 18.7. The fourth-order valence-electron chi connectivity index (χ4n) is 2.50. The Labute approximate surface area is 185 Å². The van der Waals surface area contributed by atoms with E-state index >= 15 is 0 Å². The summed E-state index contributed by atoms with van der Waals surface area (Å²) in [6.45, 7) is 2.66. The van der Waals surface area contributed by atoms with Crippen LogP contribution >= 0.6 is 11.8 Å². The molecule has 0 heterocycles. The Morgan fingerprint density at radius 2 is 1.58 bits per heavy atom. The largest absolute Gasteiger partial charge is 0.480 e. The highest BCUT2D eigenvalue weighted by molar-refractivity contribution is 7.98. The number of aliphatic hydroxyl groups excluding tert-OH is 1. The predicted octanol–water partition coefficient (Wildman–Crippen LogP) is -2.48. The Bertz CT molecular complexity index is 649. The molecule has 31 heavy (non-hydrogen) atoms. The summed E-state index contributed by atoms with van der Waals surface area (Å²) in [5.41, 5.74) is 10.7. The smallest absolute Gasteiger partial charge is 0.328 e. The normalized spacial score (nSPS) is 15.6. The highest BCUT2D eigenvalue weighted by atomic mass is 32.2. The number of hydrogen-bond acceptors (Lipinski definition) is 8. The molecular weight excluding hydrogens is 430 g/mol. The molecule has 0 aliphatic heterocycles. The summed E-state index contributed by atoms with van der Waals surface area (Å²) in [5.74, 6) is -4.22. The van der Waals surface area contributed by atoms with E-state index in [1.807, 2.05) is 6.26 Å². The number of carbonyl (C=O) groups excluding carboxylic acids is 4. The molecule has 0 aromatic rings. The van der Waals surface area contributed by atoms with Gasteiger partial charge in [-0.3, -0.25) is 19.2 Å². The third-order valence-corrected chi connectivity index (χ3v) is 5.24. The molecule has 0 aromatic carbocycles. The number of thioether (sulfide) groups is 1. The molecule has 0 aliphatic rings. The first-order valence-electron chi connectivity index (χ1n) is 9.75. The van der Waals surface area contributed by atoms with Gasteiger partial charge in [-0.05, 0) is 24.3 Å². The molecule has 5 unspecified atom stereocenters. The van der Waals surface area contributed by atoms with Crippen LogP contribution in [-0.4, -0.2) is 82.6 Å². The van der Waals surface area contributed by atoms with Gasteiger partial charge in [-0.1, -0.05) is 20.3 Å². The van der Waals surface area contributed by atoms with Crippen LogP contribution in [0.5, 0.6) is 0 Å². The van der Waals surface area contributed by atoms with Gasteiger partial charge in [0.05, 0.1) is 19.1 Å². The van der Waals surface area contributed by atoms with E-state index in [0.29, 0.717) is 12.2 Å². The molecule has 5 atom stereocenters. The van der Waals surface area contributed by atoms with Gasteiger partial charge in [-0.15, -0.1) is 0 Å². The van der Waals surface area contributed by atoms with Gasteiger partial charge in [0.2, 0.25) is 23.6 Å². The molecule has 178 valence electrons. The summed E-state index contributed by atoms with van der Waals surface area (Å²) in [5, 5.41) is 25.3. The Hall–Kier alpha value is -2.38. The monoisotopic (exact) mass is 463 g/mol. The number of aliphatic carboxylic acids is 1. The van der Waals surface area contributed by atoms with Gasteiger partial charge in [0.25, 0.3) is 0 Å². The molecule has 0 aromatic heterocycles. The average molecular weight is 464 g/mol. The number of nitrogens with two attached hydrogens (primary N) is 2. The molecule has 13 heteroatoms. The Morgan fingerprint density at radius 3 is 2.03 bits per heavy atom. The fourth-order valence-corrected chi connectivity index (χ4v) is 2.97. The van der Waals surface area contributed by atoms with Crippen LogP contribution < -0.4 is 27.4 Å². The van der Waals surface area contributed by atoms with Crippen molar-refractivity contribution in [2.45, 2.75) is 57.3 Å². The van der Waals surface area contributed by atoms with Crippen molar-refractivity contribution in [1.29, 1.82) is 0 Å². The van der Waals surface area contributed by atoms with E-state index in [1.165, 1.54) is 11.8 Å². The van der Waals surface area contributed by atoms with Crippen LogP contribution in [0.2, 0.25) is 0 Å². The van der Waals surface area contributed by atoms with Crippen molar-refractivity contribution in [1.82, 2.24) is 16.0 Å². The van der Waals surface area contributed by atoms with Crippen molar-refractivity contribution >= 4 is 41.4 Å². The lowest BCUT2D eigenvalue weighted by molar-refractivity contribution is -0.143. The zero-order chi connectivity index (χ0) is 24.1. The maximum atomic E-state index is 12.8. The molecule has 0 saturated heterocycles. The van der Waals surface area contributed by atoms with Crippen molar-refractivity contribution in [2.24, 2.45) is 17.4 Å². The van der Waals surface area contributed by atoms with Crippen LogP contribution in [0.4, 0.5) is 0 Å². The SMILES string of the molecule is CCC(C)C(NC(=O)C(CCSC)NC(=O)C(N)CC(N)=O)C(=O)NC(CO)C(=O)O. The number of rotatable bonds is 15. The number of hydrogen-bond donors (Lipinski definition) is 7. The number of carboxylic acids is 1. The fraction of sp³-hybridized carbons (Fsp3) is 0.722. The summed E-state index contributed by atoms with van der Waals surface area (Å²) < 4.78 is 0. The summed E-state index contributed by atoms with van der Waals surface area (Å²) >= 11 is 1.44. The summed E-state index contributed by atoms with van der Waals surface area (Å²) in [4.78, 5) is 59.7. The van der Waals surface area contributed by atoms with Gasteiger partial charge in [0.1, 0.15) is 18.1 Å². The minimum absolute atomic E-state index is 0.227. The molecule has 0 rings (SSSR count). The third-order valence-electron chi connectivity index (χ3n) is 4.59. The Morgan fingerprint density at radius 1 is 1.00 bits per heavy atom. The molecule has 4 amide bonds. The number of carbonyl (C=O) groups is 5. The lowest BCUT2D eigenvalue weighted by Gasteiger charge is -2.27. The molecule has 12 nitrogen and oxygen atoms in total. The summed E-state index contributed by atoms with van der Waals surface area (Å²) in [6, 6.07) is -4.88. The van der Waals surface area contributed by atoms with E-state index in [9.17, 15) is 24.0 Å². The lowest BCUT2D eigenvalue weighted by atomic mass is 9.97.